The molecule has 108 valence electrons. The normalized spacial score (nSPS) is 17.2. The van der Waals surface area contributed by atoms with Crippen LogP contribution in [0.1, 0.15) is 42.1 Å². The smallest absolute Gasteiger partial charge is 0.134 e. The fourth-order valence-electron chi connectivity index (χ4n) is 2.91. The molecule has 0 unspecified atom stereocenters. The molecule has 1 fully saturated rings. The maximum absolute atomic E-state index is 6.11. The third-order valence-electron chi connectivity index (χ3n) is 4.33. The minimum Gasteiger partial charge on any atom is -0.493 e. The van der Waals surface area contributed by atoms with Gasteiger partial charge in [-0.25, -0.2) is 9.97 Å². The van der Waals surface area contributed by atoms with Crippen LogP contribution in [0, 0.1) is 6.92 Å². The molecular formula is C17H19N3O. The van der Waals surface area contributed by atoms with Crippen LogP contribution < -0.4 is 10.5 Å². The topological polar surface area (TPSA) is 61.0 Å². The highest BCUT2D eigenvalue weighted by atomic mass is 16.5. The van der Waals surface area contributed by atoms with Crippen molar-refractivity contribution >= 4 is 5.82 Å². The molecule has 21 heavy (non-hydrogen) atoms. The Morgan fingerprint density at radius 1 is 1.24 bits per heavy atom. The number of para-hydroxylation sites is 1. The molecule has 1 aromatic carbocycles. The average Bonchev–Trinajstić information content (AvgIpc) is 3.34. The second-order valence-corrected chi connectivity index (χ2v) is 5.96. The molecule has 0 atom stereocenters. The number of nitrogens with zero attached hydrogens (tertiary/aromatic N) is 2. The van der Waals surface area contributed by atoms with E-state index in [0.717, 1.165) is 47.8 Å². The number of fused-ring (bicyclic) bond motifs is 1. The van der Waals surface area contributed by atoms with Crippen molar-refractivity contribution in [3.8, 4) is 17.0 Å². The van der Waals surface area contributed by atoms with E-state index in [9.17, 15) is 0 Å². The molecular weight excluding hydrogens is 262 g/mol. The number of rotatable bonds is 2. The molecule has 1 saturated carbocycles. The van der Waals surface area contributed by atoms with Crippen molar-refractivity contribution in [2.45, 2.75) is 38.5 Å². The maximum atomic E-state index is 6.11. The quantitative estimate of drug-likeness (QED) is 0.918. The van der Waals surface area contributed by atoms with E-state index in [1.165, 1.54) is 18.4 Å². The summed E-state index contributed by atoms with van der Waals surface area (Å²) in [6, 6.07) is 6.30. The van der Waals surface area contributed by atoms with Crippen LogP contribution in [-0.2, 0) is 6.42 Å². The summed E-state index contributed by atoms with van der Waals surface area (Å²) in [6.45, 7) is 2.77. The van der Waals surface area contributed by atoms with E-state index in [4.69, 9.17) is 15.5 Å². The lowest BCUT2D eigenvalue weighted by Crippen LogP contribution is -2.11. The fourth-order valence-corrected chi connectivity index (χ4v) is 2.91. The second kappa shape index (κ2) is 4.72. The van der Waals surface area contributed by atoms with Gasteiger partial charge in [-0.3, -0.25) is 0 Å². The summed E-state index contributed by atoms with van der Waals surface area (Å²) in [5.41, 5.74) is 10.3. The monoisotopic (exact) mass is 281 g/mol. The number of anilines is 1. The van der Waals surface area contributed by atoms with Gasteiger partial charge < -0.3 is 10.5 Å². The lowest BCUT2D eigenvalue weighted by molar-refractivity contribution is 0.289. The lowest BCUT2D eigenvalue weighted by atomic mass is 9.98. The molecule has 1 aliphatic heterocycles. The van der Waals surface area contributed by atoms with Crippen molar-refractivity contribution in [1.29, 1.82) is 0 Å². The Labute approximate surface area is 124 Å². The Kier molecular flexibility index (Phi) is 2.84. The SMILES string of the molecule is Cc1c(N)nc(C2CC2)nc1-c1cccc2c1OCCC2. The first-order valence-corrected chi connectivity index (χ1v) is 7.63. The molecule has 1 aromatic heterocycles. The fraction of sp³-hybridized carbons (Fsp3) is 0.412. The zero-order valence-electron chi connectivity index (χ0n) is 12.2. The highest BCUT2D eigenvalue weighted by Crippen LogP contribution is 2.42. The number of nitrogen functional groups attached to an aromatic ring is 1. The van der Waals surface area contributed by atoms with E-state index >= 15 is 0 Å². The Morgan fingerprint density at radius 3 is 2.90 bits per heavy atom. The standard InChI is InChI=1S/C17H19N3O/c1-10-14(19-17(12-7-8-12)20-16(10)18)13-6-2-4-11-5-3-9-21-15(11)13/h2,4,6,12H,3,5,7-9H2,1H3,(H2,18,19,20). The van der Waals surface area contributed by atoms with Crippen molar-refractivity contribution in [2.24, 2.45) is 0 Å². The zero-order valence-corrected chi connectivity index (χ0v) is 12.2. The highest BCUT2D eigenvalue weighted by molar-refractivity contribution is 5.74. The molecule has 2 N–H and O–H groups in total. The molecule has 0 amide bonds. The molecule has 0 bridgehead atoms. The predicted octanol–water partition coefficient (Wildman–Crippen LogP) is 3.24. The third kappa shape index (κ3) is 2.15. The van der Waals surface area contributed by atoms with Crippen LogP contribution in [0.3, 0.4) is 0 Å². The van der Waals surface area contributed by atoms with Gasteiger partial charge in [-0.15, -0.1) is 0 Å². The van der Waals surface area contributed by atoms with Crippen LogP contribution in [0.2, 0.25) is 0 Å². The number of benzene rings is 1. The summed E-state index contributed by atoms with van der Waals surface area (Å²) < 4.78 is 5.92. The molecule has 4 heteroatoms. The number of hydrogen-bond donors (Lipinski definition) is 1. The van der Waals surface area contributed by atoms with Gasteiger partial charge in [-0.2, -0.15) is 0 Å². The van der Waals surface area contributed by atoms with Crippen molar-refractivity contribution in [1.82, 2.24) is 9.97 Å². The van der Waals surface area contributed by atoms with E-state index in [2.05, 4.69) is 23.2 Å². The van der Waals surface area contributed by atoms with Gasteiger partial charge >= 0.3 is 0 Å². The number of ether oxygens (including phenoxy) is 1. The van der Waals surface area contributed by atoms with Gasteiger partial charge in [0.2, 0.25) is 0 Å². The van der Waals surface area contributed by atoms with Gasteiger partial charge in [0.1, 0.15) is 17.4 Å². The van der Waals surface area contributed by atoms with E-state index in [0.29, 0.717) is 11.7 Å². The van der Waals surface area contributed by atoms with Gasteiger partial charge in [0.15, 0.2) is 0 Å². The molecule has 0 spiro atoms. The summed E-state index contributed by atoms with van der Waals surface area (Å²) in [4.78, 5) is 9.26. The molecule has 0 saturated heterocycles. The third-order valence-corrected chi connectivity index (χ3v) is 4.33. The van der Waals surface area contributed by atoms with Gasteiger partial charge in [0, 0.05) is 17.0 Å². The largest absolute Gasteiger partial charge is 0.493 e. The molecule has 1 aliphatic carbocycles. The first-order chi connectivity index (χ1) is 10.2. The van der Waals surface area contributed by atoms with E-state index < -0.39 is 0 Å². The summed E-state index contributed by atoms with van der Waals surface area (Å²) in [5, 5.41) is 0. The lowest BCUT2D eigenvalue weighted by Gasteiger charge is -2.21. The molecule has 2 heterocycles. The van der Waals surface area contributed by atoms with E-state index in [-0.39, 0.29) is 0 Å². The number of aromatic nitrogens is 2. The van der Waals surface area contributed by atoms with Crippen LogP contribution in [0.25, 0.3) is 11.3 Å². The van der Waals surface area contributed by atoms with Crippen LogP contribution in [-0.4, -0.2) is 16.6 Å². The summed E-state index contributed by atoms with van der Waals surface area (Å²) in [6.07, 6.45) is 4.49. The van der Waals surface area contributed by atoms with Crippen LogP contribution in [0.4, 0.5) is 5.82 Å². The van der Waals surface area contributed by atoms with Gasteiger partial charge in [0.05, 0.1) is 12.3 Å². The molecule has 2 aromatic rings. The zero-order chi connectivity index (χ0) is 14.4. The first-order valence-electron chi connectivity index (χ1n) is 7.63. The Morgan fingerprint density at radius 2 is 2.10 bits per heavy atom. The number of nitrogens with two attached hydrogens (primary N) is 1. The average molecular weight is 281 g/mol. The molecule has 4 rings (SSSR count). The Bertz CT molecular complexity index is 707. The molecule has 2 aliphatic rings. The predicted molar refractivity (Wildman–Crippen MR) is 82.4 cm³/mol. The van der Waals surface area contributed by atoms with Gasteiger partial charge in [0.25, 0.3) is 0 Å². The summed E-state index contributed by atoms with van der Waals surface area (Å²) in [5.74, 6) is 2.95. The minimum absolute atomic E-state index is 0.493. The number of aryl methyl sites for hydroxylation is 1. The highest BCUT2D eigenvalue weighted by Gasteiger charge is 2.29. The van der Waals surface area contributed by atoms with Crippen molar-refractivity contribution < 1.29 is 4.74 Å². The summed E-state index contributed by atoms with van der Waals surface area (Å²) >= 11 is 0. The Balaban J connectivity index is 1.90. The minimum atomic E-state index is 0.493. The van der Waals surface area contributed by atoms with Gasteiger partial charge in [-0.05, 0) is 44.2 Å². The first kappa shape index (κ1) is 12.6. The van der Waals surface area contributed by atoms with Crippen molar-refractivity contribution in [3.05, 3.63) is 35.2 Å². The van der Waals surface area contributed by atoms with E-state index in [1.807, 2.05) is 6.92 Å². The molecule has 4 nitrogen and oxygen atoms in total. The van der Waals surface area contributed by atoms with Gasteiger partial charge in [-0.1, -0.05) is 12.1 Å². The summed E-state index contributed by atoms with van der Waals surface area (Å²) in [7, 11) is 0. The van der Waals surface area contributed by atoms with Crippen LogP contribution in [0.5, 0.6) is 5.75 Å². The van der Waals surface area contributed by atoms with Crippen molar-refractivity contribution in [3.63, 3.8) is 0 Å². The maximum Gasteiger partial charge on any atom is 0.134 e. The van der Waals surface area contributed by atoms with E-state index in [1.54, 1.807) is 0 Å². The van der Waals surface area contributed by atoms with Crippen molar-refractivity contribution in [2.75, 3.05) is 12.3 Å². The van der Waals surface area contributed by atoms with Crippen LogP contribution >= 0.6 is 0 Å². The number of hydrogen-bond acceptors (Lipinski definition) is 4. The Hall–Kier alpha value is -2.10. The van der Waals surface area contributed by atoms with Crippen LogP contribution in [0.15, 0.2) is 18.2 Å². The molecule has 0 radical (unpaired) electrons. The second-order valence-electron chi connectivity index (χ2n) is 5.96.